The van der Waals surface area contributed by atoms with Crippen molar-refractivity contribution in [2.24, 2.45) is 5.73 Å². The van der Waals surface area contributed by atoms with Crippen LogP contribution in [0.15, 0.2) is 36.6 Å². The number of nitrogens with two attached hydrogens (primary N) is 1. The van der Waals surface area contributed by atoms with Crippen LogP contribution in [-0.4, -0.2) is 0 Å². The van der Waals surface area contributed by atoms with Crippen LogP contribution in [0.2, 0.25) is 0 Å². The zero-order chi connectivity index (χ0) is 7.98. The average molecular weight is 137 g/mol. The molecule has 0 aliphatic heterocycles. The van der Waals surface area contributed by atoms with E-state index in [9.17, 15) is 0 Å². The monoisotopic (exact) mass is 137 g/mol. The average Bonchev–Trinajstić information content (AvgIpc) is 1.87. The first-order chi connectivity index (χ1) is 4.72. The Bertz CT molecular complexity index is 138. The predicted molar refractivity (Wildman–Crippen MR) is 46.5 cm³/mol. The molecular formula is C9H15N. The van der Waals surface area contributed by atoms with E-state index in [-0.39, 0.29) is 0 Å². The predicted octanol–water partition coefficient (Wildman–Crippen LogP) is 2.37. The van der Waals surface area contributed by atoms with Crippen LogP contribution in [0, 0.1) is 0 Å². The Morgan fingerprint density at radius 3 is 1.90 bits per heavy atom. The van der Waals surface area contributed by atoms with Crippen molar-refractivity contribution >= 4 is 0 Å². The third-order valence-electron chi connectivity index (χ3n) is 1.34. The number of rotatable bonds is 4. The molecule has 0 bridgehead atoms. The van der Waals surface area contributed by atoms with Crippen LogP contribution < -0.4 is 5.73 Å². The molecule has 0 aliphatic carbocycles. The molecule has 0 spiro atoms. The molecule has 0 unspecified atom stereocenters. The maximum atomic E-state index is 5.59. The van der Waals surface area contributed by atoms with Crippen LogP contribution in [0.25, 0.3) is 0 Å². The zero-order valence-electron chi connectivity index (χ0n) is 6.56. The van der Waals surface area contributed by atoms with E-state index < -0.39 is 0 Å². The maximum absolute atomic E-state index is 5.59. The van der Waals surface area contributed by atoms with Gasteiger partial charge in [-0.05, 0) is 25.3 Å². The molecule has 0 aromatic heterocycles. The summed E-state index contributed by atoms with van der Waals surface area (Å²) in [6.45, 7) is 9.19. The molecule has 1 heteroatoms. The summed E-state index contributed by atoms with van der Waals surface area (Å²) >= 11 is 0. The summed E-state index contributed by atoms with van der Waals surface area (Å²) in [6.07, 6.45) is 5.45. The minimum Gasteiger partial charge on any atom is -0.402 e. The fourth-order valence-corrected chi connectivity index (χ4v) is 0.754. The molecule has 0 saturated heterocycles. The van der Waals surface area contributed by atoms with E-state index in [4.69, 9.17) is 5.73 Å². The van der Waals surface area contributed by atoms with Crippen molar-refractivity contribution in [3.8, 4) is 0 Å². The lowest BCUT2D eigenvalue weighted by molar-refractivity contribution is 1.04. The Labute approximate surface area is 62.9 Å². The van der Waals surface area contributed by atoms with E-state index in [1.165, 1.54) is 5.57 Å². The lowest BCUT2D eigenvalue weighted by Gasteiger charge is -2.02. The van der Waals surface area contributed by atoms with Crippen LogP contribution in [0.4, 0.5) is 0 Å². The van der Waals surface area contributed by atoms with Gasteiger partial charge in [-0.3, -0.25) is 0 Å². The van der Waals surface area contributed by atoms with Gasteiger partial charge in [-0.15, -0.1) is 13.2 Å². The summed E-state index contributed by atoms with van der Waals surface area (Å²) in [4.78, 5) is 0. The van der Waals surface area contributed by atoms with E-state index >= 15 is 0 Å². The topological polar surface area (TPSA) is 26.0 Å². The molecule has 56 valence electrons. The second-order valence-corrected chi connectivity index (χ2v) is 2.27. The van der Waals surface area contributed by atoms with Gasteiger partial charge in [-0.2, -0.15) is 0 Å². The molecule has 0 aromatic carbocycles. The minimum absolute atomic E-state index is 0.869. The Morgan fingerprint density at radius 2 is 1.70 bits per heavy atom. The van der Waals surface area contributed by atoms with Crippen LogP contribution in [-0.2, 0) is 0 Å². The molecule has 0 atom stereocenters. The second kappa shape index (κ2) is 4.86. The van der Waals surface area contributed by atoms with Gasteiger partial charge in [0.15, 0.2) is 0 Å². The minimum atomic E-state index is 0.869. The summed E-state index contributed by atoms with van der Waals surface area (Å²) in [7, 11) is 0. The molecule has 1 nitrogen and oxygen atoms in total. The van der Waals surface area contributed by atoms with E-state index in [0.717, 1.165) is 18.5 Å². The van der Waals surface area contributed by atoms with Gasteiger partial charge in [0.2, 0.25) is 0 Å². The van der Waals surface area contributed by atoms with E-state index in [1.54, 1.807) is 0 Å². The molecule has 0 radical (unpaired) electrons. The molecule has 0 aromatic rings. The first-order valence-electron chi connectivity index (χ1n) is 3.38. The maximum Gasteiger partial charge on any atom is 0.00471 e. The van der Waals surface area contributed by atoms with Gasteiger partial charge < -0.3 is 5.73 Å². The molecule has 0 rings (SSSR count). The van der Waals surface area contributed by atoms with Gasteiger partial charge in [0.05, 0.1) is 0 Å². The van der Waals surface area contributed by atoms with Crippen LogP contribution >= 0.6 is 0 Å². The standard InChI is InChI=1S/C9H15N/c1-4-6-9(7-5-2)8(3)10/h4-5H,1-2,6-7,10H2,3H3. The summed E-state index contributed by atoms with van der Waals surface area (Å²) in [5, 5.41) is 0. The fraction of sp³-hybridized carbons (Fsp3) is 0.333. The summed E-state index contributed by atoms with van der Waals surface area (Å²) < 4.78 is 0. The Balaban J connectivity index is 4.10. The van der Waals surface area contributed by atoms with Crippen molar-refractivity contribution in [1.82, 2.24) is 0 Å². The van der Waals surface area contributed by atoms with E-state index in [2.05, 4.69) is 13.2 Å². The van der Waals surface area contributed by atoms with Gasteiger partial charge in [-0.1, -0.05) is 12.2 Å². The van der Waals surface area contributed by atoms with Crippen molar-refractivity contribution in [1.29, 1.82) is 0 Å². The number of hydrogen-bond acceptors (Lipinski definition) is 1. The van der Waals surface area contributed by atoms with Crippen molar-refractivity contribution < 1.29 is 0 Å². The molecule has 0 heterocycles. The van der Waals surface area contributed by atoms with Crippen LogP contribution in [0.1, 0.15) is 19.8 Å². The molecule has 0 aliphatic rings. The van der Waals surface area contributed by atoms with Crippen molar-refractivity contribution in [3.05, 3.63) is 36.6 Å². The Hall–Kier alpha value is -0.980. The van der Waals surface area contributed by atoms with Gasteiger partial charge in [0.25, 0.3) is 0 Å². The molecule has 0 fully saturated rings. The molecule has 10 heavy (non-hydrogen) atoms. The third-order valence-corrected chi connectivity index (χ3v) is 1.34. The molecule has 0 amide bonds. The van der Waals surface area contributed by atoms with Crippen LogP contribution in [0.3, 0.4) is 0 Å². The second-order valence-electron chi connectivity index (χ2n) is 2.27. The summed E-state index contributed by atoms with van der Waals surface area (Å²) in [5.74, 6) is 0. The van der Waals surface area contributed by atoms with Crippen molar-refractivity contribution in [2.45, 2.75) is 19.8 Å². The lowest BCUT2D eigenvalue weighted by Crippen LogP contribution is -1.96. The van der Waals surface area contributed by atoms with E-state index in [0.29, 0.717) is 0 Å². The van der Waals surface area contributed by atoms with Crippen molar-refractivity contribution in [3.63, 3.8) is 0 Å². The highest BCUT2D eigenvalue weighted by molar-refractivity contribution is 5.14. The highest BCUT2D eigenvalue weighted by Gasteiger charge is 1.93. The largest absolute Gasteiger partial charge is 0.402 e. The summed E-state index contributed by atoms with van der Waals surface area (Å²) in [6, 6.07) is 0. The molecular weight excluding hydrogens is 122 g/mol. The van der Waals surface area contributed by atoms with Gasteiger partial charge in [0.1, 0.15) is 0 Å². The Kier molecular flexibility index (Phi) is 4.38. The SMILES string of the molecule is C=CCC(CC=C)=C(C)N. The molecule has 0 saturated carbocycles. The molecule has 2 N–H and O–H groups in total. The van der Waals surface area contributed by atoms with E-state index in [1.807, 2.05) is 19.1 Å². The fourth-order valence-electron chi connectivity index (χ4n) is 0.754. The van der Waals surface area contributed by atoms with Gasteiger partial charge in [-0.25, -0.2) is 0 Å². The highest BCUT2D eigenvalue weighted by Crippen LogP contribution is 2.10. The smallest absolute Gasteiger partial charge is 0.00471 e. The quantitative estimate of drug-likeness (QED) is 0.591. The number of hydrogen-bond donors (Lipinski definition) is 1. The third kappa shape index (κ3) is 3.13. The summed E-state index contributed by atoms with van der Waals surface area (Å²) in [5.41, 5.74) is 7.69. The van der Waals surface area contributed by atoms with Gasteiger partial charge in [0, 0.05) is 5.70 Å². The van der Waals surface area contributed by atoms with Crippen molar-refractivity contribution in [2.75, 3.05) is 0 Å². The number of allylic oxidation sites excluding steroid dienone is 4. The zero-order valence-corrected chi connectivity index (χ0v) is 6.56. The highest BCUT2D eigenvalue weighted by atomic mass is 14.6. The first-order valence-corrected chi connectivity index (χ1v) is 3.38. The van der Waals surface area contributed by atoms with Gasteiger partial charge >= 0.3 is 0 Å². The Morgan fingerprint density at radius 1 is 1.30 bits per heavy atom. The lowest BCUT2D eigenvalue weighted by atomic mass is 10.1. The van der Waals surface area contributed by atoms with Crippen LogP contribution in [0.5, 0.6) is 0 Å². The normalized spacial score (nSPS) is 8.50. The first kappa shape index (κ1) is 9.02.